The van der Waals surface area contributed by atoms with Gasteiger partial charge in [0.15, 0.2) is 0 Å². The maximum Gasteiger partial charge on any atom is 0.0669 e. The van der Waals surface area contributed by atoms with E-state index in [1.54, 1.807) is 0 Å². The summed E-state index contributed by atoms with van der Waals surface area (Å²) in [4.78, 5) is 2.42. The molecule has 0 amide bonds. The fraction of sp³-hybridized carbons (Fsp3) is 1.00. The number of aliphatic hydroxyl groups is 1. The van der Waals surface area contributed by atoms with Crippen molar-refractivity contribution in [3.63, 3.8) is 0 Å². The van der Waals surface area contributed by atoms with Crippen molar-refractivity contribution in [1.82, 2.24) is 4.90 Å². The van der Waals surface area contributed by atoms with Crippen LogP contribution in [0.1, 0.15) is 64.2 Å². The van der Waals surface area contributed by atoms with E-state index >= 15 is 0 Å². The highest BCUT2D eigenvalue weighted by Crippen LogP contribution is 2.29. The van der Waals surface area contributed by atoms with Crippen LogP contribution in [0.2, 0.25) is 0 Å². The van der Waals surface area contributed by atoms with Crippen LogP contribution in [0.5, 0.6) is 0 Å². The van der Waals surface area contributed by atoms with Crippen LogP contribution in [-0.2, 0) is 0 Å². The van der Waals surface area contributed by atoms with Crippen molar-refractivity contribution in [2.75, 3.05) is 13.6 Å². The van der Waals surface area contributed by atoms with E-state index in [9.17, 15) is 5.11 Å². The first-order valence-electron chi connectivity index (χ1n) is 7.64. The van der Waals surface area contributed by atoms with Crippen LogP contribution in [0.3, 0.4) is 0 Å². The number of hydrogen-bond acceptors (Lipinski definition) is 2. The lowest BCUT2D eigenvalue weighted by Gasteiger charge is -2.33. The minimum absolute atomic E-state index is 0.0926. The van der Waals surface area contributed by atoms with Crippen molar-refractivity contribution < 1.29 is 5.11 Å². The monoisotopic (exact) mass is 239 g/mol. The Balaban J connectivity index is 1.67. The van der Waals surface area contributed by atoms with Gasteiger partial charge in [-0.1, -0.05) is 44.9 Å². The van der Waals surface area contributed by atoms with Crippen molar-refractivity contribution in [2.45, 2.75) is 76.4 Å². The lowest BCUT2D eigenvalue weighted by Crippen LogP contribution is -2.39. The molecule has 2 saturated carbocycles. The second-order valence-electron chi connectivity index (χ2n) is 6.27. The minimum atomic E-state index is -0.0926. The van der Waals surface area contributed by atoms with E-state index in [1.165, 1.54) is 57.8 Å². The zero-order valence-corrected chi connectivity index (χ0v) is 11.4. The largest absolute Gasteiger partial charge is 0.392 e. The van der Waals surface area contributed by atoms with Gasteiger partial charge in [-0.15, -0.1) is 0 Å². The minimum Gasteiger partial charge on any atom is -0.392 e. The smallest absolute Gasteiger partial charge is 0.0669 e. The molecule has 2 aliphatic carbocycles. The van der Waals surface area contributed by atoms with Gasteiger partial charge in [-0.3, -0.25) is 0 Å². The Morgan fingerprint density at radius 1 is 1.00 bits per heavy atom. The predicted octanol–water partition coefficient (Wildman–Crippen LogP) is 3.19. The summed E-state index contributed by atoms with van der Waals surface area (Å²) in [6.07, 6.45) is 13.3. The molecule has 17 heavy (non-hydrogen) atoms. The summed E-state index contributed by atoms with van der Waals surface area (Å²) in [5.74, 6) is 0.810. The van der Waals surface area contributed by atoms with E-state index in [0.717, 1.165) is 24.9 Å². The number of likely N-dealkylation sites (N-methyl/N-ethyl adjacent to an activating group) is 1. The van der Waals surface area contributed by atoms with Gasteiger partial charge in [0.25, 0.3) is 0 Å². The molecule has 0 heterocycles. The summed E-state index contributed by atoms with van der Waals surface area (Å²) in [5.41, 5.74) is 0. The molecule has 1 N–H and O–H groups in total. The Morgan fingerprint density at radius 2 is 1.59 bits per heavy atom. The van der Waals surface area contributed by atoms with Gasteiger partial charge in [0.1, 0.15) is 0 Å². The molecule has 0 radical (unpaired) electrons. The van der Waals surface area contributed by atoms with Gasteiger partial charge in [-0.05, 0) is 32.2 Å². The van der Waals surface area contributed by atoms with E-state index in [-0.39, 0.29) is 6.10 Å². The lowest BCUT2D eigenvalue weighted by molar-refractivity contribution is 0.0746. The van der Waals surface area contributed by atoms with Crippen molar-refractivity contribution in [3.05, 3.63) is 0 Å². The van der Waals surface area contributed by atoms with Gasteiger partial charge in [0, 0.05) is 12.6 Å². The van der Waals surface area contributed by atoms with Gasteiger partial charge in [0.2, 0.25) is 0 Å². The topological polar surface area (TPSA) is 23.5 Å². The van der Waals surface area contributed by atoms with Crippen LogP contribution in [-0.4, -0.2) is 35.7 Å². The molecule has 0 saturated heterocycles. The van der Waals surface area contributed by atoms with Crippen molar-refractivity contribution in [2.24, 2.45) is 5.92 Å². The fourth-order valence-electron chi connectivity index (χ4n) is 3.71. The standard InChI is InChI=1S/C15H29NO/c1-16(14-9-3-2-4-10-14)12-15(17)11-13-7-5-6-8-13/h13-15,17H,2-12H2,1H3. The normalized spacial score (nSPS) is 25.6. The molecule has 1 unspecified atom stereocenters. The quantitative estimate of drug-likeness (QED) is 0.796. The first kappa shape index (κ1) is 13.4. The third-order valence-corrected chi connectivity index (χ3v) is 4.78. The molecule has 2 nitrogen and oxygen atoms in total. The number of hydrogen-bond donors (Lipinski definition) is 1. The summed E-state index contributed by atoms with van der Waals surface area (Å²) >= 11 is 0. The molecule has 2 heteroatoms. The Labute approximate surface area is 106 Å². The van der Waals surface area contributed by atoms with Crippen LogP contribution < -0.4 is 0 Å². The Hall–Kier alpha value is -0.0800. The first-order valence-corrected chi connectivity index (χ1v) is 7.64. The summed E-state index contributed by atoms with van der Waals surface area (Å²) in [7, 11) is 2.20. The molecule has 2 rings (SSSR count). The van der Waals surface area contributed by atoms with E-state index in [1.807, 2.05) is 0 Å². The predicted molar refractivity (Wildman–Crippen MR) is 72.1 cm³/mol. The number of rotatable bonds is 5. The third-order valence-electron chi connectivity index (χ3n) is 4.78. The molecule has 100 valence electrons. The van der Waals surface area contributed by atoms with Gasteiger partial charge >= 0.3 is 0 Å². The maximum absolute atomic E-state index is 10.2. The van der Waals surface area contributed by atoms with Crippen LogP contribution >= 0.6 is 0 Å². The molecule has 0 aromatic rings. The summed E-state index contributed by atoms with van der Waals surface area (Å²) in [5, 5.41) is 10.2. The number of aliphatic hydroxyl groups excluding tert-OH is 1. The Bertz CT molecular complexity index is 207. The van der Waals surface area contributed by atoms with Crippen molar-refractivity contribution in [1.29, 1.82) is 0 Å². The molecule has 0 spiro atoms. The summed E-state index contributed by atoms with van der Waals surface area (Å²) in [6, 6.07) is 0.738. The maximum atomic E-state index is 10.2. The fourth-order valence-corrected chi connectivity index (χ4v) is 3.71. The average Bonchev–Trinajstić information content (AvgIpc) is 2.82. The van der Waals surface area contributed by atoms with Crippen LogP contribution in [0, 0.1) is 5.92 Å². The van der Waals surface area contributed by atoms with E-state index < -0.39 is 0 Å². The molecule has 1 atom stereocenters. The van der Waals surface area contributed by atoms with Crippen LogP contribution in [0.4, 0.5) is 0 Å². The second-order valence-corrected chi connectivity index (χ2v) is 6.27. The highest BCUT2D eigenvalue weighted by molar-refractivity contribution is 4.77. The zero-order chi connectivity index (χ0) is 12.1. The second kappa shape index (κ2) is 6.75. The summed E-state index contributed by atoms with van der Waals surface area (Å²) in [6.45, 7) is 0.890. The lowest BCUT2D eigenvalue weighted by atomic mass is 9.93. The van der Waals surface area contributed by atoms with Gasteiger partial charge in [-0.2, -0.15) is 0 Å². The Kier molecular flexibility index (Phi) is 5.30. The first-order chi connectivity index (χ1) is 8.25. The third kappa shape index (κ3) is 4.26. The number of nitrogens with zero attached hydrogens (tertiary/aromatic N) is 1. The van der Waals surface area contributed by atoms with Gasteiger partial charge in [-0.25, -0.2) is 0 Å². The molecular weight excluding hydrogens is 210 g/mol. The SMILES string of the molecule is CN(CC(O)CC1CCCC1)C1CCCCC1. The summed E-state index contributed by atoms with van der Waals surface area (Å²) < 4.78 is 0. The van der Waals surface area contributed by atoms with Crippen molar-refractivity contribution >= 4 is 0 Å². The van der Waals surface area contributed by atoms with Crippen LogP contribution in [0.25, 0.3) is 0 Å². The highest BCUT2D eigenvalue weighted by Gasteiger charge is 2.23. The molecule has 0 aromatic carbocycles. The molecular formula is C15H29NO. The zero-order valence-electron chi connectivity index (χ0n) is 11.4. The van der Waals surface area contributed by atoms with E-state index in [4.69, 9.17) is 0 Å². The van der Waals surface area contributed by atoms with Gasteiger partial charge < -0.3 is 10.0 Å². The van der Waals surface area contributed by atoms with Gasteiger partial charge in [0.05, 0.1) is 6.10 Å². The molecule has 0 aromatic heterocycles. The average molecular weight is 239 g/mol. The van der Waals surface area contributed by atoms with Crippen molar-refractivity contribution in [3.8, 4) is 0 Å². The van der Waals surface area contributed by atoms with E-state index in [0.29, 0.717) is 0 Å². The molecule has 0 aliphatic heterocycles. The Morgan fingerprint density at radius 3 is 2.24 bits per heavy atom. The van der Waals surface area contributed by atoms with E-state index in [2.05, 4.69) is 11.9 Å². The molecule has 0 bridgehead atoms. The van der Waals surface area contributed by atoms with Crippen LogP contribution in [0.15, 0.2) is 0 Å². The molecule has 2 fully saturated rings. The highest BCUT2D eigenvalue weighted by atomic mass is 16.3. The molecule has 2 aliphatic rings.